The third kappa shape index (κ3) is 3.99. The molecule has 18 heavy (non-hydrogen) atoms. The van der Waals surface area contributed by atoms with Crippen LogP contribution in [0.2, 0.25) is 0 Å². The average Bonchev–Trinajstić information content (AvgIpc) is 2.24. The largest absolute Gasteiger partial charge is 0.391 e. The van der Waals surface area contributed by atoms with E-state index < -0.39 is 23.6 Å². The Morgan fingerprint density at radius 2 is 1.67 bits per heavy atom. The molecular weight excluding hydrogens is 243 g/mol. The van der Waals surface area contributed by atoms with E-state index in [4.69, 9.17) is 0 Å². The van der Waals surface area contributed by atoms with E-state index in [2.05, 4.69) is 5.32 Å². The van der Waals surface area contributed by atoms with Crippen molar-refractivity contribution in [2.24, 2.45) is 5.41 Å². The molecule has 0 aliphatic heterocycles. The third-order valence-corrected chi connectivity index (χ3v) is 2.71. The summed E-state index contributed by atoms with van der Waals surface area (Å²) in [4.78, 5) is 0. The molecule has 0 amide bonds. The third-order valence-electron chi connectivity index (χ3n) is 2.71. The Balaban J connectivity index is 2.55. The van der Waals surface area contributed by atoms with Crippen molar-refractivity contribution in [3.05, 3.63) is 35.1 Å². The van der Waals surface area contributed by atoms with Crippen LogP contribution in [0.25, 0.3) is 0 Å². The van der Waals surface area contributed by atoms with Gasteiger partial charge in [0, 0.05) is 13.1 Å². The molecular formula is C13H18F3NO. The molecule has 1 aromatic rings. The van der Waals surface area contributed by atoms with Crippen molar-refractivity contribution in [2.45, 2.75) is 33.4 Å². The number of hydrogen-bond acceptors (Lipinski definition) is 2. The number of aliphatic hydroxyl groups excluding tert-OH is 1. The van der Waals surface area contributed by atoms with Crippen molar-refractivity contribution in [1.82, 2.24) is 5.32 Å². The quantitative estimate of drug-likeness (QED) is 0.817. The maximum Gasteiger partial charge on any atom is 0.194 e. The van der Waals surface area contributed by atoms with E-state index >= 15 is 0 Å². The van der Waals surface area contributed by atoms with Crippen molar-refractivity contribution < 1.29 is 18.3 Å². The van der Waals surface area contributed by atoms with Crippen molar-refractivity contribution in [3.8, 4) is 0 Å². The first-order valence-electron chi connectivity index (χ1n) is 5.74. The standard InChI is InChI=1S/C13H18F3NO/c1-13(2,3)11(18)7-17-6-8-4-9(14)12(16)10(15)5-8/h4-5,11,17-18H,6-7H2,1-3H3. The number of rotatable bonds is 4. The van der Waals surface area contributed by atoms with E-state index in [1.165, 1.54) is 0 Å². The van der Waals surface area contributed by atoms with Crippen LogP contribution in [0.5, 0.6) is 0 Å². The van der Waals surface area contributed by atoms with Crippen LogP contribution in [0.3, 0.4) is 0 Å². The van der Waals surface area contributed by atoms with Crippen LogP contribution < -0.4 is 5.32 Å². The van der Waals surface area contributed by atoms with Crippen LogP contribution in [0, 0.1) is 22.9 Å². The van der Waals surface area contributed by atoms with Gasteiger partial charge in [0.05, 0.1) is 6.10 Å². The van der Waals surface area contributed by atoms with Gasteiger partial charge in [-0.25, -0.2) is 13.2 Å². The first kappa shape index (κ1) is 15.0. The molecule has 2 nitrogen and oxygen atoms in total. The van der Waals surface area contributed by atoms with Crippen molar-refractivity contribution in [1.29, 1.82) is 0 Å². The highest BCUT2D eigenvalue weighted by Gasteiger charge is 2.21. The van der Waals surface area contributed by atoms with Crippen LogP contribution >= 0.6 is 0 Å². The molecule has 0 saturated carbocycles. The Labute approximate surface area is 105 Å². The van der Waals surface area contributed by atoms with Crippen molar-refractivity contribution >= 4 is 0 Å². The monoisotopic (exact) mass is 261 g/mol. The van der Waals surface area contributed by atoms with Gasteiger partial charge < -0.3 is 10.4 Å². The zero-order chi connectivity index (χ0) is 13.9. The Bertz CT molecular complexity index is 392. The van der Waals surface area contributed by atoms with Gasteiger partial charge in [0.1, 0.15) is 0 Å². The molecule has 0 saturated heterocycles. The van der Waals surface area contributed by atoms with Gasteiger partial charge in [-0.15, -0.1) is 0 Å². The Hall–Kier alpha value is -1.07. The average molecular weight is 261 g/mol. The molecule has 2 N–H and O–H groups in total. The summed E-state index contributed by atoms with van der Waals surface area (Å²) in [5, 5.41) is 12.6. The van der Waals surface area contributed by atoms with Crippen LogP contribution in [0.4, 0.5) is 13.2 Å². The van der Waals surface area contributed by atoms with Gasteiger partial charge in [0.2, 0.25) is 0 Å². The fraction of sp³-hybridized carbons (Fsp3) is 0.538. The highest BCUT2D eigenvalue weighted by Crippen LogP contribution is 2.18. The maximum absolute atomic E-state index is 12.9. The minimum atomic E-state index is -1.46. The Morgan fingerprint density at radius 1 is 1.17 bits per heavy atom. The predicted molar refractivity (Wildman–Crippen MR) is 63.5 cm³/mol. The Morgan fingerprint density at radius 3 is 2.11 bits per heavy atom. The summed E-state index contributed by atoms with van der Waals surface area (Å²) in [6.45, 7) is 6.12. The molecule has 0 fully saturated rings. The number of aliphatic hydroxyl groups is 1. The fourth-order valence-corrected chi connectivity index (χ4v) is 1.37. The summed E-state index contributed by atoms with van der Waals surface area (Å²) in [5.41, 5.74) is 0.0271. The van der Waals surface area contributed by atoms with Gasteiger partial charge in [0.15, 0.2) is 17.5 Å². The molecule has 0 aliphatic carbocycles. The number of halogens is 3. The lowest BCUT2D eigenvalue weighted by molar-refractivity contribution is 0.0627. The summed E-state index contributed by atoms with van der Waals surface area (Å²) in [6.07, 6.45) is -0.576. The first-order chi connectivity index (χ1) is 8.21. The van der Waals surface area contributed by atoms with Gasteiger partial charge >= 0.3 is 0 Å². The van der Waals surface area contributed by atoms with Crippen LogP contribution in [-0.2, 0) is 6.54 Å². The molecule has 0 spiro atoms. The number of hydrogen-bond donors (Lipinski definition) is 2. The summed E-state index contributed by atoms with van der Waals surface area (Å²) in [6, 6.07) is 1.88. The lowest BCUT2D eigenvalue weighted by Gasteiger charge is -2.26. The topological polar surface area (TPSA) is 32.3 Å². The molecule has 0 aliphatic rings. The van der Waals surface area contributed by atoms with Gasteiger partial charge in [-0.3, -0.25) is 0 Å². The second kappa shape index (κ2) is 5.71. The predicted octanol–water partition coefficient (Wildman–Crippen LogP) is 2.60. The summed E-state index contributed by atoms with van der Waals surface area (Å²) in [5.74, 6) is -3.88. The molecule has 0 bridgehead atoms. The van der Waals surface area contributed by atoms with Crippen LogP contribution in [0.15, 0.2) is 12.1 Å². The molecule has 5 heteroatoms. The lowest BCUT2D eigenvalue weighted by atomic mass is 9.89. The first-order valence-corrected chi connectivity index (χ1v) is 5.74. The van der Waals surface area contributed by atoms with Gasteiger partial charge in [-0.2, -0.15) is 0 Å². The Kier molecular flexibility index (Phi) is 4.76. The van der Waals surface area contributed by atoms with Crippen molar-refractivity contribution in [2.75, 3.05) is 6.54 Å². The number of benzene rings is 1. The highest BCUT2D eigenvalue weighted by atomic mass is 19.2. The van der Waals surface area contributed by atoms with Crippen LogP contribution in [-0.4, -0.2) is 17.8 Å². The molecule has 0 radical (unpaired) electrons. The molecule has 1 atom stereocenters. The lowest BCUT2D eigenvalue weighted by Crippen LogP contribution is -2.36. The molecule has 102 valence electrons. The summed E-state index contributed by atoms with van der Waals surface area (Å²) >= 11 is 0. The number of nitrogens with one attached hydrogen (secondary N) is 1. The summed E-state index contributed by atoms with van der Waals surface area (Å²) < 4.78 is 38.6. The van der Waals surface area contributed by atoms with E-state index in [0.717, 1.165) is 12.1 Å². The summed E-state index contributed by atoms with van der Waals surface area (Å²) in [7, 11) is 0. The second-order valence-corrected chi connectivity index (χ2v) is 5.39. The molecule has 1 rings (SSSR count). The van der Waals surface area contributed by atoms with E-state index in [0.29, 0.717) is 12.1 Å². The minimum absolute atomic E-state index is 0.168. The van der Waals surface area contributed by atoms with E-state index in [1.54, 1.807) is 0 Å². The zero-order valence-corrected chi connectivity index (χ0v) is 10.7. The van der Waals surface area contributed by atoms with Crippen LogP contribution in [0.1, 0.15) is 26.3 Å². The minimum Gasteiger partial charge on any atom is -0.391 e. The normalized spacial score (nSPS) is 13.7. The molecule has 0 heterocycles. The van der Waals surface area contributed by atoms with Gasteiger partial charge in [0.25, 0.3) is 0 Å². The maximum atomic E-state index is 12.9. The smallest absolute Gasteiger partial charge is 0.194 e. The second-order valence-electron chi connectivity index (χ2n) is 5.39. The zero-order valence-electron chi connectivity index (χ0n) is 10.7. The highest BCUT2D eigenvalue weighted by molar-refractivity contribution is 5.19. The molecule has 0 aromatic heterocycles. The van der Waals surface area contributed by atoms with E-state index in [-0.39, 0.29) is 12.0 Å². The van der Waals surface area contributed by atoms with E-state index in [9.17, 15) is 18.3 Å². The van der Waals surface area contributed by atoms with Gasteiger partial charge in [-0.1, -0.05) is 20.8 Å². The van der Waals surface area contributed by atoms with Gasteiger partial charge in [-0.05, 0) is 23.1 Å². The van der Waals surface area contributed by atoms with Crippen molar-refractivity contribution in [3.63, 3.8) is 0 Å². The van der Waals surface area contributed by atoms with E-state index in [1.807, 2.05) is 20.8 Å². The fourth-order valence-electron chi connectivity index (χ4n) is 1.37. The SMILES string of the molecule is CC(C)(C)C(O)CNCc1cc(F)c(F)c(F)c1. The molecule has 1 aromatic carbocycles. The molecule has 1 unspecified atom stereocenters.